The van der Waals surface area contributed by atoms with Crippen molar-refractivity contribution < 1.29 is 4.79 Å². The Kier molecular flexibility index (Phi) is 2.80. The maximum atomic E-state index is 12.3. The van der Waals surface area contributed by atoms with Gasteiger partial charge >= 0.3 is 0 Å². The van der Waals surface area contributed by atoms with Gasteiger partial charge in [-0.15, -0.1) is 0 Å². The molecule has 2 N–H and O–H groups in total. The van der Waals surface area contributed by atoms with E-state index in [0.29, 0.717) is 6.04 Å². The van der Waals surface area contributed by atoms with Crippen LogP contribution in [0.25, 0.3) is 0 Å². The number of anilines is 3. The number of nitrogen functional groups attached to an aromatic ring is 1. The van der Waals surface area contributed by atoms with E-state index in [1.807, 2.05) is 6.92 Å². The molecule has 6 nitrogen and oxygen atoms in total. The van der Waals surface area contributed by atoms with Crippen molar-refractivity contribution >= 4 is 23.4 Å². The Labute approximate surface area is 112 Å². The zero-order valence-corrected chi connectivity index (χ0v) is 11.3. The normalized spacial score (nSPS) is 23.9. The van der Waals surface area contributed by atoms with Crippen LogP contribution in [0.4, 0.5) is 17.5 Å². The summed E-state index contributed by atoms with van der Waals surface area (Å²) in [6, 6.07) is 0.204. The number of likely N-dealkylation sites (N-methyl/N-ethyl adjacent to an activating group) is 1. The van der Waals surface area contributed by atoms with Crippen LogP contribution < -0.4 is 15.5 Å². The molecule has 1 aliphatic heterocycles. The Morgan fingerprint density at radius 1 is 1.37 bits per heavy atom. The summed E-state index contributed by atoms with van der Waals surface area (Å²) in [4.78, 5) is 24.5. The largest absolute Gasteiger partial charge is 0.368 e. The van der Waals surface area contributed by atoms with Crippen molar-refractivity contribution in [3.63, 3.8) is 0 Å². The van der Waals surface area contributed by atoms with Gasteiger partial charge in [0.2, 0.25) is 11.9 Å². The fraction of sp³-hybridized carbons (Fsp3) is 0.615. The lowest BCUT2D eigenvalue weighted by atomic mass is 10.1. The first-order valence-electron chi connectivity index (χ1n) is 6.78. The molecule has 1 amide bonds. The van der Waals surface area contributed by atoms with E-state index in [1.165, 1.54) is 12.8 Å². The SMILES string of the molecule is C[C@@H]1C(=O)N(C)c2cnc(N)nc2N1C1CCCC1. The van der Waals surface area contributed by atoms with Gasteiger partial charge in [-0.1, -0.05) is 12.8 Å². The number of amides is 1. The lowest BCUT2D eigenvalue weighted by molar-refractivity contribution is -0.119. The number of rotatable bonds is 1. The lowest BCUT2D eigenvalue weighted by Crippen LogP contribution is -2.54. The quantitative estimate of drug-likeness (QED) is 0.821. The molecule has 6 heteroatoms. The summed E-state index contributed by atoms with van der Waals surface area (Å²) in [5, 5.41) is 0. The van der Waals surface area contributed by atoms with Gasteiger partial charge in [0, 0.05) is 13.1 Å². The number of hydrogen-bond donors (Lipinski definition) is 1. The third-order valence-corrected chi connectivity index (χ3v) is 4.20. The average Bonchev–Trinajstić information content (AvgIpc) is 2.90. The molecular weight excluding hydrogens is 242 g/mol. The van der Waals surface area contributed by atoms with Crippen LogP contribution in [0, 0.1) is 0 Å². The zero-order valence-electron chi connectivity index (χ0n) is 11.3. The Balaban J connectivity index is 2.10. The number of fused-ring (bicyclic) bond motifs is 1. The Hall–Kier alpha value is -1.85. The molecule has 1 aromatic rings. The average molecular weight is 261 g/mol. The summed E-state index contributed by atoms with van der Waals surface area (Å²) in [6.07, 6.45) is 6.31. The highest BCUT2D eigenvalue weighted by Crippen LogP contribution is 2.38. The van der Waals surface area contributed by atoms with E-state index in [0.717, 1.165) is 24.3 Å². The second-order valence-corrected chi connectivity index (χ2v) is 5.36. The summed E-state index contributed by atoms with van der Waals surface area (Å²) in [6.45, 7) is 1.94. The highest BCUT2D eigenvalue weighted by atomic mass is 16.2. The van der Waals surface area contributed by atoms with Crippen molar-refractivity contribution in [2.24, 2.45) is 0 Å². The molecule has 3 rings (SSSR count). The fourth-order valence-corrected chi connectivity index (χ4v) is 3.18. The van der Waals surface area contributed by atoms with Crippen LogP contribution in [0.1, 0.15) is 32.6 Å². The molecule has 1 saturated carbocycles. The van der Waals surface area contributed by atoms with Gasteiger partial charge in [-0.3, -0.25) is 4.79 Å². The summed E-state index contributed by atoms with van der Waals surface area (Å²) in [5.41, 5.74) is 6.47. The number of nitrogens with zero attached hydrogens (tertiary/aromatic N) is 4. The molecule has 1 fully saturated rings. The highest BCUT2D eigenvalue weighted by molar-refractivity contribution is 6.04. The van der Waals surface area contributed by atoms with E-state index < -0.39 is 0 Å². The molecule has 0 bridgehead atoms. The van der Waals surface area contributed by atoms with E-state index in [9.17, 15) is 4.79 Å². The van der Waals surface area contributed by atoms with Crippen LogP contribution >= 0.6 is 0 Å². The number of nitrogens with two attached hydrogens (primary N) is 1. The monoisotopic (exact) mass is 261 g/mol. The second kappa shape index (κ2) is 4.36. The van der Waals surface area contributed by atoms with Gasteiger partial charge in [0.1, 0.15) is 11.7 Å². The molecule has 1 aromatic heterocycles. The zero-order chi connectivity index (χ0) is 13.6. The van der Waals surface area contributed by atoms with Crippen molar-refractivity contribution in [2.75, 3.05) is 22.6 Å². The minimum absolute atomic E-state index is 0.0905. The Morgan fingerprint density at radius 2 is 2.05 bits per heavy atom. The number of aromatic nitrogens is 2. The summed E-state index contributed by atoms with van der Waals surface area (Å²) < 4.78 is 0. The van der Waals surface area contributed by atoms with Crippen LogP contribution in [0.15, 0.2) is 6.20 Å². The van der Waals surface area contributed by atoms with Crippen LogP contribution in [-0.4, -0.2) is 35.0 Å². The molecule has 0 unspecified atom stereocenters. The van der Waals surface area contributed by atoms with Gasteiger partial charge in [0.15, 0.2) is 5.82 Å². The van der Waals surface area contributed by atoms with Crippen molar-refractivity contribution in [1.82, 2.24) is 9.97 Å². The van der Waals surface area contributed by atoms with Gasteiger partial charge in [-0.2, -0.15) is 4.98 Å². The molecule has 0 aromatic carbocycles. The fourth-order valence-electron chi connectivity index (χ4n) is 3.18. The van der Waals surface area contributed by atoms with Gasteiger partial charge in [-0.05, 0) is 19.8 Å². The van der Waals surface area contributed by atoms with Gasteiger partial charge < -0.3 is 15.5 Å². The van der Waals surface area contributed by atoms with E-state index >= 15 is 0 Å². The van der Waals surface area contributed by atoms with E-state index in [1.54, 1.807) is 18.1 Å². The molecule has 2 heterocycles. The minimum Gasteiger partial charge on any atom is -0.368 e. The molecule has 2 aliphatic rings. The van der Waals surface area contributed by atoms with Crippen LogP contribution in [0.2, 0.25) is 0 Å². The molecule has 102 valence electrons. The topological polar surface area (TPSA) is 75.3 Å². The maximum Gasteiger partial charge on any atom is 0.249 e. The summed E-state index contributed by atoms with van der Waals surface area (Å²) in [5.74, 6) is 1.15. The highest BCUT2D eigenvalue weighted by Gasteiger charge is 2.39. The molecule has 0 saturated heterocycles. The number of carbonyl (C=O) groups excluding carboxylic acids is 1. The molecule has 1 aliphatic carbocycles. The van der Waals surface area contributed by atoms with Gasteiger partial charge in [0.25, 0.3) is 0 Å². The Morgan fingerprint density at radius 3 is 2.74 bits per heavy atom. The first kappa shape index (κ1) is 12.2. The molecule has 0 radical (unpaired) electrons. The van der Waals surface area contributed by atoms with E-state index in [-0.39, 0.29) is 17.9 Å². The molecule has 1 atom stereocenters. The number of hydrogen-bond acceptors (Lipinski definition) is 5. The smallest absolute Gasteiger partial charge is 0.249 e. The first-order valence-corrected chi connectivity index (χ1v) is 6.78. The molecule has 0 spiro atoms. The number of carbonyl (C=O) groups is 1. The minimum atomic E-state index is -0.185. The molecule has 19 heavy (non-hydrogen) atoms. The van der Waals surface area contributed by atoms with E-state index in [2.05, 4.69) is 14.9 Å². The van der Waals surface area contributed by atoms with Crippen molar-refractivity contribution in [3.05, 3.63) is 6.20 Å². The first-order chi connectivity index (χ1) is 9.09. The Bertz CT molecular complexity index is 512. The van der Waals surface area contributed by atoms with Crippen molar-refractivity contribution in [2.45, 2.75) is 44.7 Å². The van der Waals surface area contributed by atoms with Crippen LogP contribution in [0.3, 0.4) is 0 Å². The van der Waals surface area contributed by atoms with E-state index in [4.69, 9.17) is 5.73 Å². The predicted molar refractivity (Wildman–Crippen MR) is 74.1 cm³/mol. The standard InChI is InChI=1S/C13H19N5O/c1-8-12(19)17(2)10-7-15-13(14)16-11(10)18(8)9-5-3-4-6-9/h7-9H,3-6H2,1-2H3,(H2,14,15,16)/t8-/m1/s1. The summed E-state index contributed by atoms with van der Waals surface area (Å²) in [7, 11) is 1.77. The van der Waals surface area contributed by atoms with Gasteiger partial charge in [0.05, 0.1) is 6.20 Å². The van der Waals surface area contributed by atoms with Crippen LogP contribution in [-0.2, 0) is 4.79 Å². The lowest BCUT2D eigenvalue weighted by Gasteiger charge is -2.42. The van der Waals surface area contributed by atoms with Gasteiger partial charge in [-0.25, -0.2) is 4.98 Å². The predicted octanol–water partition coefficient (Wildman–Crippen LogP) is 1.17. The maximum absolute atomic E-state index is 12.3. The van der Waals surface area contributed by atoms with Crippen LogP contribution in [0.5, 0.6) is 0 Å². The van der Waals surface area contributed by atoms with Crippen molar-refractivity contribution in [1.29, 1.82) is 0 Å². The summed E-state index contributed by atoms with van der Waals surface area (Å²) >= 11 is 0. The molecular formula is C13H19N5O. The third kappa shape index (κ3) is 1.82. The second-order valence-electron chi connectivity index (χ2n) is 5.36. The third-order valence-electron chi connectivity index (χ3n) is 4.20. The van der Waals surface area contributed by atoms with Crippen molar-refractivity contribution in [3.8, 4) is 0 Å².